The van der Waals surface area contributed by atoms with Crippen molar-refractivity contribution in [2.45, 2.75) is 37.0 Å². The van der Waals surface area contributed by atoms with Crippen LogP contribution >= 0.6 is 29.7 Å². The van der Waals surface area contributed by atoms with Crippen LogP contribution in [-0.4, -0.2) is 21.1 Å². The predicted molar refractivity (Wildman–Crippen MR) is 69.2 cm³/mol. The number of hydrogen-bond acceptors (Lipinski definition) is 2. The summed E-state index contributed by atoms with van der Waals surface area (Å²) in [5, 5.41) is 4.45. The Morgan fingerprint density at radius 3 is 2.27 bits per heavy atom. The lowest BCUT2D eigenvalue weighted by Gasteiger charge is -2.13. The van der Waals surface area contributed by atoms with Crippen LogP contribution in [0.2, 0.25) is 0 Å². The molecule has 0 unspecified atom stereocenters. The fourth-order valence-corrected chi connectivity index (χ4v) is 6.61. The van der Waals surface area contributed by atoms with Gasteiger partial charge < -0.3 is 4.57 Å². The molecule has 5 heteroatoms. The highest BCUT2D eigenvalue weighted by atomic mass is 127. The van der Waals surface area contributed by atoms with E-state index in [1.54, 1.807) is 0 Å². The molecule has 0 atom stereocenters. The maximum atomic E-state index is 13.0. The van der Waals surface area contributed by atoms with E-state index in [0.717, 1.165) is 34.8 Å². The predicted octanol–water partition coefficient (Wildman–Crippen LogP) is 2.34. The maximum Gasteiger partial charge on any atom is 0.140 e. The first-order valence-electron chi connectivity index (χ1n) is 5.42. The summed E-state index contributed by atoms with van der Waals surface area (Å²) in [6.45, 7) is 0. The third kappa shape index (κ3) is 1.60. The molecule has 0 bridgehead atoms. The summed E-state index contributed by atoms with van der Waals surface area (Å²) in [7, 11) is -0.210. The van der Waals surface area contributed by atoms with E-state index < -0.39 is 7.14 Å². The van der Waals surface area contributed by atoms with Crippen LogP contribution in [0.4, 0.5) is 0 Å². The molecule has 1 heterocycles. The summed E-state index contributed by atoms with van der Waals surface area (Å²) in [4.78, 5) is 0. The molecular weight excluding hydrogens is 322 g/mol. The molecule has 3 rings (SSSR count). The first kappa shape index (κ1) is 10.3. The van der Waals surface area contributed by atoms with Gasteiger partial charge in [0.15, 0.2) is 0 Å². The minimum Gasteiger partial charge on any atom is -0.316 e. The SMILES string of the molecule is Cn1nc(P(=O)(C2CC2)C2CC2)cc1I. The van der Waals surface area contributed by atoms with Gasteiger partial charge in [-0.1, -0.05) is 0 Å². The molecule has 2 fully saturated rings. The molecule has 0 spiro atoms. The van der Waals surface area contributed by atoms with Gasteiger partial charge in [0.2, 0.25) is 0 Å². The fraction of sp³-hybridized carbons (Fsp3) is 0.700. The molecule has 2 saturated carbocycles. The number of hydrogen-bond donors (Lipinski definition) is 0. The van der Waals surface area contributed by atoms with Gasteiger partial charge in [0, 0.05) is 24.4 Å². The average molecular weight is 336 g/mol. The van der Waals surface area contributed by atoms with Crippen LogP contribution in [0.25, 0.3) is 0 Å². The molecule has 0 aromatic carbocycles. The molecule has 15 heavy (non-hydrogen) atoms. The van der Waals surface area contributed by atoms with Gasteiger partial charge in [-0.05, 0) is 48.3 Å². The Morgan fingerprint density at radius 2 is 1.93 bits per heavy atom. The van der Waals surface area contributed by atoms with E-state index in [9.17, 15) is 4.57 Å². The third-order valence-electron chi connectivity index (χ3n) is 3.35. The van der Waals surface area contributed by atoms with Gasteiger partial charge in [0.05, 0.1) is 3.70 Å². The Kier molecular flexibility index (Phi) is 2.29. The van der Waals surface area contributed by atoms with E-state index in [1.807, 2.05) is 17.8 Å². The van der Waals surface area contributed by atoms with Crippen molar-refractivity contribution in [3.8, 4) is 0 Å². The molecule has 0 saturated heterocycles. The van der Waals surface area contributed by atoms with Crippen molar-refractivity contribution >= 4 is 35.2 Å². The second kappa shape index (κ2) is 3.33. The Bertz CT molecular complexity index is 413. The van der Waals surface area contributed by atoms with Crippen LogP contribution in [-0.2, 0) is 11.6 Å². The molecule has 1 aromatic heterocycles. The van der Waals surface area contributed by atoms with Gasteiger partial charge in [-0.25, -0.2) is 0 Å². The fourth-order valence-electron chi connectivity index (χ4n) is 2.19. The normalized spacial score (nSPS) is 22.0. The van der Waals surface area contributed by atoms with E-state index in [2.05, 4.69) is 27.7 Å². The van der Waals surface area contributed by atoms with E-state index in [4.69, 9.17) is 0 Å². The highest BCUT2D eigenvalue weighted by molar-refractivity contribution is 14.1. The monoisotopic (exact) mass is 336 g/mol. The standard InChI is InChI=1S/C10H14IN2OP/c1-13-9(11)6-10(12-13)15(14,7-2-3-7)8-4-5-8/h6-8H,2-5H2,1H3. The van der Waals surface area contributed by atoms with Crippen LogP contribution < -0.4 is 5.44 Å². The van der Waals surface area contributed by atoms with E-state index in [0.29, 0.717) is 11.3 Å². The average Bonchev–Trinajstić information content (AvgIpc) is 3.05. The summed E-state index contributed by atoms with van der Waals surface area (Å²) in [6.07, 6.45) is 4.61. The number of halogens is 1. The largest absolute Gasteiger partial charge is 0.316 e. The Hall–Kier alpha value is 0.170. The first-order chi connectivity index (χ1) is 7.12. The Balaban J connectivity index is 2.05. The zero-order chi connectivity index (χ0) is 10.6. The molecule has 3 nitrogen and oxygen atoms in total. The lowest BCUT2D eigenvalue weighted by Crippen LogP contribution is -2.14. The second-order valence-electron chi connectivity index (χ2n) is 4.62. The smallest absolute Gasteiger partial charge is 0.140 e. The summed E-state index contributed by atoms with van der Waals surface area (Å²) in [6, 6.07) is 2.03. The van der Waals surface area contributed by atoms with Crippen molar-refractivity contribution in [2.75, 3.05) is 0 Å². The quantitative estimate of drug-likeness (QED) is 0.627. The maximum absolute atomic E-state index is 13.0. The van der Waals surface area contributed by atoms with Crippen molar-refractivity contribution in [2.24, 2.45) is 7.05 Å². The van der Waals surface area contributed by atoms with Crippen molar-refractivity contribution in [1.82, 2.24) is 9.78 Å². The molecular formula is C10H14IN2OP. The number of rotatable bonds is 3. The van der Waals surface area contributed by atoms with E-state index in [1.165, 1.54) is 0 Å². The lowest BCUT2D eigenvalue weighted by atomic mass is 10.7. The van der Waals surface area contributed by atoms with Crippen LogP contribution in [0, 0.1) is 3.70 Å². The van der Waals surface area contributed by atoms with Gasteiger partial charge >= 0.3 is 0 Å². The number of nitrogens with zero attached hydrogens (tertiary/aromatic N) is 2. The Labute approximate surface area is 103 Å². The van der Waals surface area contributed by atoms with Gasteiger partial charge in [-0.2, -0.15) is 5.10 Å². The summed E-state index contributed by atoms with van der Waals surface area (Å²) in [5.74, 6) is 0. The van der Waals surface area contributed by atoms with Crippen molar-refractivity contribution in [3.63, 3.8) is 0 Å². The highest BCUT2D eigenvalue weighted by Gasteiger charge is 2.53. The molecule has 0 radical (unpaired) electrons. The van der Waals surface area contributed by atoms with Gasteiger partial charge in [-0.15, -0.1) is 0 Å². The zero-order valence-corrected chi connectivity index (χ0v) is 11.7. The highest BCUT2D eigenvalue weighted by Crippen LogP contribution is 2.69. The second-order valence-corrected chi connectivity index (χ2v) is 9.06. The summed E-state index contributed by atoms with van der Waals surface area (Å²) in [5.41, 5.74) is 1.84. The molecule has 0 amide bonds. The number of aryl methyl sites for hydroxylation is 1. The minimum absolute atomic E-state index is 0.468. The van der Waals surface area contributed by atoms with E-state index in [-0.39, 0.29) is 0 Å². The zero-order valence-electron chi connectivity index (χ0n) is 8.69. The molecule has 1 aromatic rings. The van der Waals surface area contributed by atoms with Gasteiger partial charge in [0.25, 0.3) is 0 Å². The minimum atomic E-state index is -2.14. The molecule has 82 valence electrons. The first-order valence-corrected chi connectivity index (χ1v) is 8.34. The summed E-state index contributed by atoms with van der Waals surface area (Å²) >= 11 is 2.25. The third-order valence-corrected chi connectivity index (χ3v) is 8.49. The lowest BCUT2D eigenvalue weighted by molar-refractivity contribution is 0.578. The van der Waals surface area contributed by atoms with Crippen LogP contribution in [0.15, 0.2) is 6.07 Å². The van der Waals surface area contributed by atoms with Crippen LogP contribution in [0.5, 0.6) is 0 Å². The van der Waals surface area contributed by atoms with Crippen molar-refractivity contribution in [1.29, 1.82) is 0 Å². The topological polar surface area (TPSA) is 34.9 Å². The molecule has 0 N–H and O–H groups in total. The van der Waals surface area contributed by atoms with E-state index >= 15 is 0 Å². The van der Waals surface area contributed by atoms with Crippen LogP contribution in [0.1, 0.15) is 25.7 Å². The molecule has 2 aliphatic carbocycles. The van der Waals surface area contributed by atoms with Crippen molar-refractivity contribution in [3.05, 3.63) is 9.77 Å². The molecule has 0 aliphatic heterocycles. The number of aromatic nitrogens is 2. The van der Waals surface area contributed by atoms with Crippen LogP contribution in [0.3, 0.4) is 0 Å². The van der Waals surface area contributed by atoms with Gasteiger partial charge in [0.1, 0.15) is 12.6 Å². The van der Waals surface area contributed by atoms with Gasteiger partial charge in [-0.3, -0.25) is 4.68 Å². The van der Waals surface area contributed by atoms with Crippen molar-refractivity contribution < 1.29 is 4.57 Å². The summed E-state index contributed by atoms with van der Waals surface area (Å²) < 4.78 is 16.0. The Morgan fingerprint density at radius 1 is 1.40 bits per heavy atom. The molecule has 2 aliphatic rings.